The van der Waals surface area contributed by atoms with Crippen LogP contribution in [0.1, 0.15) is 35.6 Å². The Kier molecular flexibility index (Phi) is 5.93. The highest BCUT2D eigenvalue weighted by Crippen LogP contribution is 2.37. The molecule has 0 saturated heterocycles. The van der Waals surface area contributed by atoms with Crippen molar-refractivity contribution in [3.8, 4) is 22.1 Å². The molecule has 1 atom stereocenters. The van der Waals surface area contributed by atoms with Crippen molar-refractivity contribution >= 4 is 11.3 Å². The van der Waals surface area contributed by atoms with E-state index in [4.69, 9.17) is 9.47 Å². The highest BCUT2D eigenvalue weighted by Gasteiger charge is 2.30. The summed E-state index contributed by atoms with van der Waals surface area (Å²) in [4.78, 5) is 5.51. The van der Waals surface area contributed by atoms with Gasteiger partial charge in [0, 0.05) is 11.6 Å². The fraction of sp³-hybridized carbons (Fsp3) is 0.286. The minimum absolute atomic E-state index is 0.201. The molecule has 0 amide bonds. The summed E-state index contributed by atoms with van der Waals surface area (Å²) in [5, 5.41) is 0.675. The van der Waals surface area contributed by atoms with Crippen LogP contribution in [0.25, 0.3) is 10.6 Å². The molecule has 1 aromatic heterocycles. The first-order chi connectivity index (χ1) is 13.3. The molecule has 0 aliphatic heterocycles. The molecular formula is C21H20F3NO2S. The largest absolute Gasteiger partial charge is 0.497 e. The molecule has 0 aliphatic rings. The van der Waals surface area contributed by atoms with Crippen molar-refractivity contribution in [3.05, 3.63) is 64.7 Å². The molecule has 28 heavy (non-hydrogen) atoms. The number of methoxy groups -OCH3 is 1. The zero-order chi connectivity index (χ0) is 20.3. The molecule has 0 N–H and O–H groups in total. The second-order valence-electron chi connectivity index (χ2n) is 6.24. The Labute approximate surface area is 165 Å². The topological polar surface area (TPSA) is 31.4 Å². The van der Waals surface area contributed by atoms with Gasteiger partial charge in [0.1, 0.15) is 22.6 Å². The molecule has 0 aliphatic carbocycles. The smallest absolute Gasteiger partial charge is 0.416 e. The van der Waals surface area contributed by atoms with Gasteiger partial charge in [0.25, 0.3) is 0 Å². The first kappa shape index (κ1) is 20.2. The van der Waals surface area contributed by atoms with Crippen LogP contribution in [0, 0.1) is 6.92 Å². The maximum Gasteiger partial charge on any atom is 0.416 e. The fourth-order valence-corrected chi connectivity index (χ4v) is 3.98. The van der Waals surface area contributed by atoms with Crippen LogP contribution >= 0.6 is 11.3 Å². The van der Waals surface area contributed by atoms with Crippen LogP contribution in [-0.2, 0) is 6.18 Å². The summed E-state index contributed by atoms with van der Waals surface area (Å²) < 4.78 is 49.6. The SMILES string of the molecule is CC[C@@H](Oc1cccc(OC)c1)c1sc(-c2ccc(C(F)(F)F)cc2)nc1C. The lowest BCUT2D eigenvalue weighted by molar-refractivity contribution is -0.137. The number of aryl methyl sites for hydroxylation is 1. The molecule has 3 aromatic rings. The number of rotatable bonds is 6. The highest BCUT2D eigenvalue weighted by molar-refractivity contribution is 7.15. The number of ether oxygens (including phenoxy) is 2. The zero-order valence-electron chi connectivity index (χ0n) is 15.7. The van der Waals surface area contributed by atoms with E-state index in [-0.39, 0.29) is 6.10 Å². The summed E-state index contributed by atoms with van der Waals surface area (Å²) in [7, 11) is 1.60. The summed E-state index contributed by atoms with van der Waals surface area (Å²) >= 11 is 1.44. The number of alkyl halides is 3. The molecule has 2 aromatic carbocycles. The van der Waals surface area contributed by atoms with Gasteiger partial charge in [-0.05, 0) is 37.6 Å². The molecule has 148 valence electrons. The lowest BCUT2D eigenvalue weighted by Crippen LogP contribution is -2.06. The molecule has 0 bridgehead atoms. The van der Waals surface area contributed by atoms with Crippen molar-refractivity contribution in [3.63, 3.8) is 0 Å². The minimum Gasteiger partial charge on any atom is -0.497 e. The van der Waals surface area contributed by atoms with Crippen LogP contribution < -0.4 is 9.47 Å². The molecular weight excluding hydrogens is 387 g/mol. The van der Waals surface area contributed by atoms with Gasteiger partial charge in [0.05, 0.1) is 23.2 Å². The van der Waals surface area contributed by atoms with Crippen LogP contribution in [0.5, 0.6) is 11.5 Å². The zero-order valence-corrected chi connectivity index (χ0v) is 16.5. The molecule has 0 radical (unpaired) electrons. The predicted octanol–water partition coefficient (Wildman–Crippen LogP) is 6.68. The van der Waals surface area contributed by atoms with Gasteiger partial charge in [-0.1, -0.05) is 25.1 Å². The number of thiazole rings is 1. The lowest BCUT2D eigenvalue weighted by atomic mass is 10.1. The average Bonchev–Trinajstić information content (AvgIpc) is 3.07. The maximum atomic E-state index is 12.8. The molecule has 0 fully saturated rings. The number of hydrogen-bond donors (Lipinski definition) is 0. The number of nitrogens with zero attached hydrogens (tertiary/aromatic N) is 1. The Morgan fingerprint density at radius 3 is 2.36 bits per heavy atom. The summed E-state index contributed by atoms with van der Waals surface area (Å²) in [5.41, 5.74) is 0.802. The summed E-state index contributed by atoms with van der Waals surface area (Å²) in [6, 6.07) is 12.4. The highest BCUT2D eigenvalue weighted by atomic mass is 32.1. The van der Waals surface area contributed by atoms with E-state index in [1.54, 1.807) is 7.11 Å². The van der Waals surface area contributed by atoms with Crippen molar-refractivity contribution in [2.45, 2.75) is 32.5 Å². The molecule has 0 saturated carbocycles. The van der Waals surface area contributed by atoms with E-state index < -0.39 is 11.7 Å². The van der Waals surface area contributed by atoms with Gasteiger partial charge in [-0.15, -0.1) is 11.3 Å². The predicted molar refractivity (Wildman–Crippen MR) is 104 cm³/mol. The molecule has 3 rings (SSSR count). The quantitative estimate of drug-likeness (QED) is 0.457. The van der Waals surface area contributed by atoms with Crippen molar-refractivity contribution in [2.75, 3.05) is 7.11 Å². The van der Waals surface area contributed by atoms with Crippen molar-refractivity contribution in [2.24, 2.45) is 0 Å². The summed E-state index contributed by atoms with van der Waals surface area (Å²) in [6.45, 7) is 3.90. The third-order valence-electron chi connectivity index (χ3n) is 4.27. The van der Waals surface area contributed by atoms with Crippen LogP contribution in [0.3, 0.4) is 0 Å². The molecule has 3 nitrogen and oxygen atoms in total. The van der Waals surface area contributed by atoms with E-state index >= 15 is 0 Å². The van der Waals surface area contributed by atoms with Crippen LogP contribution in [-0.4, -0.2) is 12.1 Å². The second-order valence-corrected chi connectivity index (χ2v) is 7.27. The Hall–Kier alpha value is -2.54. The van der Waals surface area contributed by atoms with Gasteiger partial charge in [0.15, 0.2) is 0 Å². The average molecular weight is 407 g/mol. The standard InChI is InChI=1S/C21H20F3NO2S/c1-4-18(27-17-7-5-6-16(12-17)26-3)19-13(2)25-20(28-19)14-8-10-15(11-9-14)21(22,23)24/h5-12,18H,4H2,1-3H3/t18-/m1/s1. The van der Waals surface area contributed by atoms with Gasteiger partial charge in [0.2, 0.25) is 0 Å². The van der Waals surface area contributed by atoms with Crippen LogP contribution in [0.4, 0.5) is 13.2 Å². The first-order valence-electron chi connectivity index (χ1n) is 8.77. The Morgan fingerprint density at radius 2 is 1.75 bits per heavy atom. The third kappa shape index (κ3) is 4.47. The summed E-state index contributed by atoms with van der Waals surface area (Å²) in [6.07, 6.45) is -3.82. The van der Waals surface area contributed by atoms with Crippen LogP contribution in [0.2, 0.25) is 0 Å². The Bertz CT molecular complexity index is 936. The van der Waals surface area contributed by atoms with Gasteiger partial charge in [-0.2, -0.15) is 13.2 Å². The first-order valence-corrected chi connectivity index (χ1v) is 9.59. The normalized spacial score (nSPS) is 12.6. The van der Waals surface area contributed by atoms with E-state index in [1.807, 2.05) is 38.1 Å². The minimum atomic E-state index is -4.35. The number of hydrogen-bond acceptors (Lipinski definition) is 4. The van der Waals surface area contributed by atoms with Crippen molar-refractivity contribution < 1.29 is 22.6 Å². The maximum absolute atomic E-state index is 12.8. The van der Waals surface area contributed by atoms with Gasteiger partial charge >= 0.3 is 6.18 Å². The Balaban J connectivity index is 1.85. The van der Waals surface area contributed by atoms with Crippen LogP contribution in [0.15, 0.2) is 48.5 Å². The van der Waals surface area contributed by atoms with Crippen molar-refractivity contribution in [1.82, 2.24) is 4.98 Å². The van der Waals surface area contributed by atoms with Gasteiger partial charge < -0.3 is 9.47 Å². The number of halogens is 3. The van der Waals surface area contributed by atoms with E-state index in [9.17, 15) is 13.2 Å². The lowest BCUT2D eigenvalue weighted by Gasteiger charge is -2.17. The van der Waals surface area contributed by atoms with E-state index in [0.29, 0.717) is 22.1 Å². The van der Waals surface area contributed by atoms with Crippen molar-refractivity contribution in [1.29, 1.82) is 0 Å². The van der Waals surface area contributed by atoms with E-state index in [2.05, 4.69) is 4.98 Å². The number of aromatic nitrogens is 1. The van der Waals surface area contributed by atoms with Gasteiger partial charge in [-0.25, -0.2) is 4.98 Å². The Morgan fingerprint density at radius 1 is 1.07 bits per heavy atom. The second kappa shape index (κ2) is 8.22. The molecule has 0 unspecified atom stereocenters. The number of benzene rings is 2. The third-order valence-corrected chi connectivity index (χ3v) is 5.57. The summed E-state index contributed by atoms with van der Waals surface area (Å²) in [5.74, 6) is 1.40. The molecule has 1 heterocycles. The molecule has 7 heteroatoms. The fourth-order valence-electron chi connectivity index (χ4n) is 2.79. The van der Waals surface area contributed by atoms with E-state index in [0.717, 1.165) is 29.1 Å². The van der Waals surface area contributed by atoms with E-state index in [1.165, 1.54) is 23.5 Å². The molecule has 0 spiro atoms. The van der Waals surface area contributed by atoms with Gasteiger partial charge in [-0.3, -0.25) is 0 Å². The monoisotopic (exact) mass is 407 g/mol.